The molecule has 1 aromatic heterocycles. The molecule has 2 N–H and O–H groups in total. The van der Waals surface area contributed by atoms with Crippen LogP contribution in [-0.4, -0.2) is 13.0 Å². The number of sulfonamides is 1. The number of nitrogens with zero attached hydrogens (tertiary/aromatic N) is 1. The third kappa shape index (κ3) is 3.89. The number of primary sulfonamides is 1. The number of halogens is 1. The van der Waals surface area contributed by atoms with Crippen molar-refractivity contribution in [1.29, 1.82) is 0 Å². The monoisotopic (exact) mass is 420 g/mol. The average molecular weight is 421 g/mol. The molecular formula is C22H29ClN2O2S. The number of rotatable bonds is 5. The summed E-state index contributed by atoms with van der Waals surface area (Å²) < 4.78 is 26.5. The van der Waals surface area contributed by atoms with E-state index >= 15 is 0 Å². The lowest BCUT2D eigenvalue weighted by Crippen LogP contribution is -2.17. The van der Waals surface area contributed by atoms with Crippen molar-refractivity contribution in [2.45, 2.75) is 75.6 Å². The summed E-state index contributed by atoms with van der Waals surface area (Å²) in [4.78, 5) is 0.220. The van der Waals surface area contributed by atoms with Crippen molar-refractivity contribution in [3.63, 3.8) is 0 Å². The summed E-state index contributed by atoms with van der Waals surface area (Å²) in [6, 6.07) is 7.89. The lowest BCUT2D eigenvalue weighted by molar-refractivity contribution is 0.318. The van der Waals surface area contributed by atoms with Crippen LogP contribution in [0.2, 0.25) is 5.02 Å². The minimum atomic E-state index is -3.77. The van der Waals surface area contributed by atoms with Gasteiger partial charge in [-0.15, -0.1) is 0 Å². The topological polar surface area (TPSA) is 65.1 Å². The highest BCUT2D eigenvalue weighted by Gasteiger charge is 2.39. The first-order valence-corrected chi connectivity index (χ1v) is 12.1. The van der Waals surface area contributed by atoms with Gasteiger partial charge < -0.3 is 4.57 Å². The molecule has 2 saturated carbocycles. The van der Waals surface area contributed by atoms with Crippen LogP contribution < -0.4 is 5.14 Å². The molecule has 4 nitrogen and oxygen atoms in total. The zero-order valence-corrected chi connectivity index (χ0v) is 18.2. The fraction of sp³-hybridized carbons (Fsp3) is 0.545. The summed E-state index contributed by atoms with van der Waals surface area (Å²) in [6.45, 7) is 4.94. The van der Waals surface area contributed by atoms with E-state index in [1.54, 1.807) is 6.07 Å². The Balaban J connectivity index is 1.82. The molecule has 152 valence electrons. The molecule has 2 fully saturated rings. The average Bonchev–Trinajstić information content (AvgIpc) is 3.30. The van der Waals surface area contributed by atoms with Gasteiger partial charge in [-0.3, -0.25) is 0 Å². The smallest absolute Gasteiger partial charge is 0.239 e. The van der Waals surface area contributed by atoms with Crippen LogP contribution in [0.4, 0.5) is 0 Å². The summed E-state index contributed by atoms with van der Waals surface area (Å²) in [7, 11) is -3.77. The molecule has 0 unspecified atom stereocenters. The Labute approximate surface area is 173 Å². The second-order valence-electron chi connectivity index (χ2n) is 8.93. The summed E-state index contributed by atoms with van der Waals surface area (Å²) in [5.74, 6) is 0.575. The van der Waals surface area contributed by atoms with Gasteiger partial charge in [0, 0.05) is 23.0 Å². The fourth-order valence-electron chi connectivity index (χ4n) is 4.57. The third-order valence-corrected chi connectivity index (χ3v) is 7.93. The van der Waals surface area contributed by atoms with Crippen molar-refractivity contribution >= 4 is 21.6 Å². The molecule has 1 heterocycles. The molecule has 2 aromatic rings. The van der Waals surface area contributed by atoms with Gasteiger partial charge in [-0.25, -0.2) is 13.6 Å². The Kier molecular flexibility index (Phi) is 5.13. The summed E-state index contributed by atoms with van der Waals surface area (Å²) >= 11 is 6.46. The van der Waals surface area contributed by atoms with Crippen LogP contribution in [0.25, 0.3) is 11.3 Å². The maximum absolute atomic E-state index is 12.2. The highest BCUT2D eigenvalue weighted by atomic mass is 35.5. The minimum absolute atomic E-state index is 0.193. The molecule has 2 aliphatic carbocycles. The summed E-state index contributed by atoms with van der Waals surface area (Å²) in [5.41, 5.74) is 4.03. The Morgan fingerprint density at radius 3 is 2.43 bits per heavy atom. The maximum atomic E-state index is 12.2. The van der Waals surface area contributed by atoms with Gasteiger partial charge in [0.1, 0.15) is 4.90 Å². The minimum Gasteiger partial charge on any atom is -0.343 e. The van der Waals surface area contributed by atoms with Crippen LogP contribution >= 0.6 is 11.6 Å². The first kappa shape index (κ1) is 20.0. The van der Waals surface area contributed by atoms with Gasteiger partial charge >= 0.3 is 0 Å². The van der Waals surface area contributed by atoms with E-state index in [9.17, 15) is 8.42 Å². The molecule has 0 atom stereocenters. The molecule has 0 amide bonds. The van der Waals surface area contributed by atoms with Gasteiger partial charge in [0.25, 0.3) is 0 Å². The van der Waals surface area contributed by atoms with E-state index in [-0.39, 0.29) is 10.3 Å². The van der Waals surface area contributed by atoms with E-state index in [1.165, 1.54) is 37.7 Å². The standard InChI is InChI=1S/C22H29ClN2O2S/c1-15-21(28(24,26)27)13-20(25(15)14-16-6-4-3-5-7-16)17-10-18(12-19(23)11-17)22(2)8-9-22/h10-13,16H,3-9,14H2,1-2H3,(H2,24,26,27). The van der Waals surface area contributed by atoms with Crippen molar-refractivity contribution in [1.82, 2.24) is 4.57 Å². The highest BCUT2D eigenvalue weighted by Crippen LogP contribution is 2.49. The van der Waals surface area contributed by atoms with Crippen molar-refractivity contribution in [2.75, 3.05) is 0 Å². The maximum Gasteiger partial charge on any atom is 0.239 e. The van der Waals surface area contributed by atoms with Crippen molar-refractivity contribution in [3.05, 3.63) is 40.5 Å². The predicted molar refractivity (Wildman–Crippen MR) is 114 cm³/mol. The number of aromatic nitrogens is 1. The number of hydrogen-bond acceptors (Lipinski definition) is 2. The quantitative estimate of drug-likeness (QED) is 0.704. The van der Waals surface area contributed by atoms with Gasteiger partial charge in [0.2, 0.25) is 10.0 Å². The summed E-state index contributed by atoms with van der Waals surface area (Å²) in [5, 5.41) is 6.22. The van der Waals surface area contributed by atoms with Crippen molar-refractivity contribution < 1.29 is 8.42 Å². The van der Waals surface area contributed by atoms with Crippen LogP contribution in [-0.2, 0) is 22.0 Å². The lowest BCUT2D eigenvalue weighted by Gasteiger charge is -2.24. The normalized spacial score (nSPS) is 19.7. The molecule has 1 aromatic carbocycles. The van der Waals surface area contributed by atoms with Crippen LogP contribution in [0.15, 0.2) is 29.2 Å². The molecule has 0 aliphatic heterocycles. The molecule has 28 heavy (non-hydrogen) atoms. The van der Waals surface area contributed by atoms with Crippen LogP contribution in [0.1, 0.15) is 63.1 Å². The van der Waals surface area contributed by atoms with E-state index < -0.39 is 10.0 Å². The van der Waals surface area contributed by atoms with Gasteiger partial charge in [-0.1, -0.05) is 37.8 Å². The molecule has 2 aliphatic rings. The highest BCUT2D eigenvalue weighted by molar-refractivity contribution is 7.89. The van der Waals surface area contributed by atoms with E-state index in [2.05, 4.69) is 17.6 Å². The molecule has 6 heteroatoms. The Morgan fingerprint density at radius 1 is 1.14 bits per heavy atom. The van der Waals surface area contributed by atoms with Gasteiger partial charge in [-0.05, 0) is 79.3 Å². The molecule has 0 radical (unpaired) electrons. The number of hydrogen-bond donors (Lipinski definition) is 1. The van der Waals surface area contributed by atoms with Gasteiger partial charge in [0.15, 0.2) is 0 Å². The Morgan fingerprint density at radius 2 is 1.82 bits per heavy atom. The zero-order chi connectivity index (χ0) is 20.1. The van der Waals surface area contributed by atoms with E-state index in [4.69, 9.17) is 16.7 Å². The van der Waals surface area contributed by atoms with Crippen LogP contribution in [0, 0.1) is 12.8 Å². The first-order valence-electron chi connectivity index (χ1n) is 10.2. The third-order valence-electron chi connectivity index (χ3n) is 6.68. The van der Waals surface area contributed by atoms with E-state index in [1.807, 2.05) is 19.1 Å². The second kappa shape index (κ2) is 7.19. The predicted octanol–water partition coefficient (Wildman–Crippen LogP) is 5.40. The van der Waals surface area contributed by atoms with Crippen LogP contribution in [0.3, 0.4) is 0 Å². The zero-order valence-electron chi connectivity index (χ0n) is 16.7. The second-order valence-corrected chi connectivity index (χ2v) is 10.9. The van der Waals surface area contributed by atoms with E-state index in [0.29, 0.717) is 10.9 Å². The van der Waals surface area contributed by atoms with Crippen LogP contribution in [0.5, 0.6) is 0 Å². The fourth-order valence-corrected chi connectivity index (χ4v) is 5.61. The molecule has 0 saturated heterocycles. The number of benzene rings is 1. The SMILES string of the molecule is Cc1c(S(N)(=O)=O)cc(-c2cc(Cl)cc(C3(C)CC3)c2)n1CC1CCCCC1. The van der Waals surface area contributed by atoms with Crippen molar-refractivity contribution in [2.24, 2.45) is 11.1 Å². The molecular weight excluding hydrogens is 392 g/mol. The molecule has 4 rings (SSSR count). The Hall–Kier alpha value is -1.30. The molecule has 0 spiro atoms. The Bertz CT molecular complexity index is 1000. The largest absolute Gasteiger partial charge is 0.343 e. The van der Waals surface area contributed by atoms with Crippen molar-refractivity contribution in [3.8, 4) is 11.3 Å². The summed E-state index contributed by atoms with van der Waals surface area (Å²) in [6.07, 6.45) is 8.52. The number of nitrogens with two attached hydrogens (primary N) is 1. The van der Waals surface area contributed by atoms with E-state index in [0.717, 1.165) is 36.3 Å². The van der Waals surface area contributed by atoms with Gasteiger partial charge in [-0.2, -0.15) is 0 Å². The molecule has 0 bridgehead atoms. The van der Waals surface area contributed by atoms with Gasteiger partial charge in [0.05, 0.1) is 0 Å². The first-order chi connectivity index (χ1) is 13.2. The lowest BCUT2D eigenvalue weighted by atomic mass is 9.89.